The second-order valence-corrected chi connectivity index (χ2v) is 19.7. The van der Waals surface area contributed by atoms with Crippen molar-refractivity contribution in [2.75, 3.05) is 18.0 Å². The molecule has 2 aliphatic rings. The van der Waals surface area contributed by atoms with Gasteiger partial charge in [-0.1, -0.05) is 93.7 Å². The van der Waals surface area contributed by atoms with Crippen molar-refractivity contribution in [2.24, 2.45) is 0 Å². The van der Waals surface area contributed by atoms with Crippen molar-refractivity contribution in [3.63, 3.8) is 0 Å². The van der Waals surface area contributed by atoms with Gasteiger partial charge in [0, 0.05) is 87.4 Å². The van der Waals surface area contributed by atoms with Crippen molar-refractivity contribution in [2.45, 2.75) is 58.4 Å². The van der Waals surface area contributed by atoms with Gasteiger partial charge in [0.1, 0.15) is 0 Å². The van der Waals surface area contributed by atoms with Gasteiger partial charge in [0.15, 0.2) is 9.60 Å². The van der Waals surface area contributed by atoms with E-state index in [-0.39, 0.29) is 5.92 Å². The number of nitrogens with zero attached hydrogens (tertiary/aromatic N) is 7. The van der Waals surface area contributed by atoms with Crippen LogP contribution in [0.4, 0.5) is 5.13 Å². The minimum atomic E-state index is 0.278. The Morgan fingerprint density at radius 1 is 0.710 bits per heavy atom. The van der Waals surface area contributed by atoms with E-state index >= 15 is 0 Å². The van der Waals surface area contributed by atoms with E-state index in [0.29, 0.717) is 10.4 Å². The molecule has 0 saturated carbocycles. The predicted molar refractivity (Wildman–Crippen MR) is 269 cm³/mol. The van der Waals surface area contributed by atoms with E-state index in [1.807, 2.05) is 65.2 Å². The molecule has 0 spiro atoms. The summed E-state index contributed by atoms with van der Waals surface area (Å²) in [6.07, 6.45) is 15.2. The molecular formula is C47H46BBr2ClN8S3. The number of nitrogens with one attached hydrogen (secondary N) is 1. The second-order valence-electron chi connectivity index (χ2n) is 14.8. The van der Waals surface area contributed by atoms with E-state index in [1.165, 1.54) is 65.4 Å². The van der Waals surface area contributed by atoms with Crippen molar-refractivity contribution in [1.29, 1.82) is 0 Å². The topological polar surface area (TPSA) is 76.7 Å². The van der Waals surface area contributed by atoms with Crippen LogP contribution in [0.3, 0.4) is 0 Å². The number of anilines is 1. The summed E-state index contributed by atoms with van der Waals surface area (Å²) < 4.78 is 6.67. The Morgan fingerprint density at radius 3 is 1.84 bits per heavy atom. The third kappa shape index (κ3) is 12.1. The average molecular weight is 1030 g/mol. The van der Waals surface area contributed by atoms with Crippen LogP contribution in [-0.2, 0) is 25.9 Å². The number of halogens is 3. The molecule has 2 atom stereocenters. The molecule has 8 aromatic rings. The fourth-order valence-electron chi connectivity index (χ4n) is 7.27. The Kier molecular flexibility index (Phi) is 16.6. The molecule has 0 bridgehead atoms. The zero-order valence-electron chi connectivity index (χ0n) is 34.7. The first-order valence-electron chi connectivity index (χ1n) is 20.4. The Bertz CT molecular complexity index is 2670. The molecule has 1 N–H and O–H groups in total. The first-order valence-corrected chi connectivity index (χ1v) is 24.4. The largest absolute Gasteiger partial charge is 0.343 e. The van der Waals surface area contributed by atoms with E-state index in [4.69, 9.17) is 16.6 Å². The smallest absolute Gasteiger partial charge is 0.185 e. The van der Waals surface area contributed by atoms with Crippen LogP contribution in [-0.4, -0.2) is 48.8 Å². The van der Waals surface area contributed by atoms with Crippen molar-refractivity contribution >= 4 is 89.5 Å². The number of hydrogen-bond acceptors (Lipinski definition) is 9. The van der Waals surface area contributed by atoms with Gasteiger partial charge in [-0.15, -0.1) is 22.7 Å². The van der Waals surface area contributed by atoms with Crippen LogP contribution in [0.25, 0.3) is 11.4 Å². The molecule has 0 saturated heterocycles. The molecule has 6 heterocycles. The van der Waals surface area contributed by atoms with Crippen molar-refractivity contribution < 1.29 is 0 Å². The molecule has 2 aliphatic heterocycles. The number of aromatic nitrogens is 6. The summed E-state index contributed by atoms with van der Waals surface area (Å²) in [6, 6.07) is 33.9. The summed E-state index contributed by atoms with van der Waals surface area (Å²) in [5.74, 6) is 0.573. The first-order chi connectivity index (χ1) is 30.2. The zero-order valence-corrected chi connectivity index (χ0v) is 41.0. The molecule has 4 aromatic heterocycles. The molecule has 2 unspecified atom stereocenters. The number of hydrogen-bond donors (Lipinski definition) is 1. The molecule has 15 heteroatoms. The van der Waals surface area contributed by atoms with E-state index < -0.39 is 0 Å². The zero-order chi connectivity index (χ0) is 43.4. The molecule has 0 fully saturated rings. The third-order valence-electron chi connectivity index (χ3n) is 10.6. The van der Waals surface area contributed by atoms with Crippen LogP contribution in [0.2, 0.25) is 11.3 Å². The van der Waals surface area contributed by atoms with Gasteiger partial charge in [0.25, 0.3) is 0 Å². The molecule has 62 heavy (non-hydrogen) atoms. The van der Waals surface area contributed by atoms with Gasteiger partial charge in [-0.05, 0) is 113 Å². The fourth-order valence-corrected chi connectivity index (χ4v) is 10.1. The Labute approximate surface area is 399 Å². The molecule has 10 rings (SSSR count). The predicted octanol–water partition coefficient (Wildman–Crippen LogP) is 12.9. The van der Waals surface area contributed by atoms with Gasteiger partial charge in [-0.3, -0.25) is 0 Å². The normalized spacial score (nSPS) is 13.7. The van der Waals surface area contributed by atoms with Crippen LogP contribution in [0.1, 0.15) is 68.8 Å². The molecule has 0 radical (unpaired) electrons. The van der Waals surface area contributed by atoms with Gasteiger partial charge in [-0.2, -0.15) is 10.2 Å². The van der Waals surface area contributed by atoms with Gasteiger partial charge < -0.3 is 10.2 Å². The Hall–Kier alpha value is -4.15. The summed E-state index contributed by atoms with van der Waals surface area (Å²) in [7, 11) is 0. The van der Waals surface area contributed by atoms with Gasteiger partial charge in [0.2, 0.25) is 0 Å². The third-order valence-corrected chi connectivity index (χ3v) is 14.2. The van der Waals surface area contributed by atoms with Crippen LogP contribution in [0, 0.1) is 0 Å². The maximum atomic E-state index is 5.90. The molecule has 316 valence electrons. The second kappa shape index (κ2) is 22.5. The SMILES string of the molecule is Brc1ccc2c(c1)CNCC2.CB=S.CC(c1cccc(-n2cccn2)c1)c1cnc(Cl)s1.CC(c1cccc(-n2cccn2)c1)c1cnc(N2CCc3ccc(Br)cc3C2)s1. The van der Waals surface area contributed by atoms with Crippen molar-refractivity contribution in [3.05, 3.63) is 191 Å². The standard InChI is InChI=1S/C23H21BrN4S.C14H12ClN3S.C9H10BrN.CH3BS/c1-16(18-4-2-5-21(13-18)28-10-3-9-26-28)22-14-25-23(29-22)27-11-8-17-6-7-20(24)12-19(17)15-27;1-10(13-9-16-14(15)19-13)11-4-2-5-12(8-11)18-7-3-6-17-18;10-9-2-1-7-3-4-11-6-8(7)5-9;1-2-3/h2-7,9-10,12-14,16H,8,11,15H2,1H3;2-10H,1H3;1-2,5,11H,3-4,6H2;1H3. The molecule has 0 amide bonds. The quantitative estimate of drug-likeness (QED) is 0.159. The number of fused-ring (bicyclic) bond motifs is 2. The summed E-state index contributed by atoms with van der Waals surface area (Å²) >= 11 is 20.6. The Balaban J connectivity index is 0.000000149. The number of benzene rings is 4. The molecule has 0 aliphatic carbocycles. The summed E-state index contributed by atoms with van der Waals surface area (Å²) in [5, 5.41) is 13.1. The van der Waals surface area contributed by atoms with Crippen LogP contribution >= 0.6 is 78.2 Å². The summed E-state index contributed by atoms with van der Waals surface area (Å²) in [6.45, 7) is 10.3. The first kappa shape index (κ1) is 45.9. The van der Waals surface area contributed by atoms with E-state index in [2.05, 4.69) is 156 Å². The Morgan fingerprint density at radius 2 is 1.27 bits per heavy atom. The summed E-state index contributed by atoms with van der Waals surface area (Å²) in [4.78, 5) is 13.7. The minimum absolute atomic E-state index is 0.278. The molecule has 4 aromatic carbocycles. The van der Waals surface area contributed by atoms with Crippen LogP contribution in [0.5, 0.6) is 0 Å². The van der Waals surface area contributed by atoms with Crippen LogP contribution < -0.4 is 10.2 Å². The number of rotatable bonds is 7. The van der Waals surface area contributed by atoms with Gasteiger partial charge in [-0.25, -0.2) is 19.3 Å². The fraction of sp³-hybridized carbons (Fsp3) is 0.234. The average Bonchev–Trinajstić information content (AvgIpc) is 4.16. The van der Waals surface area contributed by atoms with Gasteiger partial charge in [0.05, 0.1) is 11.4 Å². The molecular weight excluding hydrogens is 979 g/mol. The van der Waals surface area contributed by atoms with Crippen molar-refractivity contribution in [1.82, 2.24) is 34.8 Å². The number of thiazole rings is 2. The minimum Gasteiger partial charge on any atom is -0.343 e. The summed E-state index contributed by atoms with van der Waals surface area (Å²) in [5.41, 5.74) is 10.4. The van der Waals surface area contributed by atoms with E-state index in [1.54, 1.807) is 29.9 Å². The van der Waals surface area contributed by atoms with Crippen molar-refractivity contribution in [3.8, 4) is 11.4 Å². The van der Waals surface area contributed by atoms with E-state index in [9.17, 15) is 0 Å². The van der Waals surface area contributed by atoms with E-state index in [0.717, 1.165) is 53.6 Å². The maximum absolute atomic E-state index is 5.90. The van der Waals surface area contributed by atoms with Gasteiger partial charge >= 0.3 is 25.0 Å². The molecule has 8 nitrogen and oxygen atoms in total. The van der Waals surface area contributed by atoms with Crippen LogP contribution in [0.15, 0.2) is 143 Å². The maximum Gasteiger partial charge on any atom is 0.185 e. The monoisotopic (exact) mass is 1020 g/mol.